The van der Waals surface area contributed by atoms with Crippen LogP contribution in [0.15, 0.2) is 6.07 Å². The van der Waals surface area contributed by atoms with Crippen molar-refractivity contribution < 1.29 is 19.4 Å². The van der Waals surface area contributed by atoms with Crippen LogP contribution in [-0.4, -0.2) is 42.8 Å². The summed E-state index contributed by atoms with van der Waals surface area (Å²) in [5, 5.41) is 9.12. The Morgan fingerprint density at radius 2 is 2.10 bits per heavy atom. The van der Waals surface area contributed by atoms with E-state index in [1.54, 1.807) is 27.2 Å². The molecule has 0 saturated heterocycles. The Labute approximate surface area is 118 Å². The number of ether oxygens (including phenoxy) is 2. The number of hydrogen-bond donors (Lipinski definition) is 2. The summed E-state index contributed by atoms with van der Waals surface area (Å²) >= 11 is 0. The summed E-state index contributed by atoms with van der Waals surface area (Å²) in [6.07, 6.45) is 0.692. The topological polar surface area (TPSA) is 85.0 Å². The SMILES string of the molecule is COc1cc(N)c2c(c1OC)CCN(C(C)C(=O)O)C2. The molecule has 0 fully saturated rings. The van der Waals surface area contributed by atoms with E-state index in [-0.39, 0.29) is 0 Å². The highest BCUT2D eigenvalue weighted by Gasteiger charge is 2.29. The van der Waals surface area contributed by atoms with Crippen molar-refractivity contribution in [1.29, 1.82) is 0 Å². The summed E-state index contributed by atoms with van der Waals surface area (Å²) in [7, 11) is 3.17. The molecule has 0 bridgehead atoms. The van der Waals surface area contributed by atoms with Crippen molar-refractivity contribution in [1.82, 2.24) is 4.90 Å². The fourth-order valence-corrected chi connectivity index (χ4v) is 2.60. The van der Waals surface area contributed by atoms with Crippen molar-refractivity contribution in [3.8, 4) is 11.5 Å². The molecule has 1 aliphatic rings. The summed E-state index contributed by atoms with van der Waals surface area (Å²) in [6.45, 7) is 2.85. The molecule has 0 spiro atoms. The Morgan fingerprint density at radius 1 is 1.40 bits per heavy atom. The van der Waals surface area contributed by atoms with Gasteiger partial charge in [-0.15, -0.1) is 0 Å². The number of benzene rings is 1. The maximum atomic E-state index is 11.1. The summed E-state index contributed by atoms with van der Waals surface area (Å²) < 4.78 is 10.7. The second kappa shape index (κ2) is 5.58. The molecule has 110 valence electrons. The lowest BCUT2D eigenvalue weighted by atomic mass is 9.95. The number of hydrogen-bond acceptors (Lipinski definition) is 5. The Kier molecular flexibility index (Phi) is 4.04. The molecular weight excluding hydrogens is 260 g/mol. The maximum absolute atomic E-state index is 11.1. The Balaban J connectivity index is 2.40. The van der Waals surface area contributed by atoms with E-state index < -0.39 is 12.0 Å². The standard InChI is InChI=1S/C14H20N2O4/c1-8(14(17)18)16-5-4-9-10(7-16)11(15)6-12(19-2)13(9)20-3/h6,8H,4-5,7,15H2,1-3H3,(H,17,18). The summed E-state index contributed by atoms with van der Waals surface area (Å²) in [6, 6.07) is 1.20. The zero-order chi connectivity index (χ0) is 14.9. The predicted octanol–water partition coefficient (Wildman–Crippen LogP) is 1.12. The summed E-state index contributed by atoms with van der Waals surface area (Å²) in [4.78, 5) is 13.0. The van der Waals surface area contributed by atoms with Crippen LogP contribution >= 0.6 is 0 Å². The molecule has 20 heavy (non-hydrogen) atoms. The molecule has 6 nitrogen and oxygen atoms in total. The van der Waals surface area contributed by atoms with Crippen molar-refractivity contribution >= 4 is 11.7 Å². The molecule has 1 aliphatic heterocycles. The van der Waals surface area contributed by atoms with Gasteiger partial charge in [-0.25, -0.2) is 0 Å². The number of carboxylic acids is 1. The van der Waals surface area contributed by atoms with E-state index in [1.807, 2.05) is 4.90 Å². The molecule has 0 saturated carbocycles. The largest absolute Gasteiger partial charge is 0.493 e. The van der Waals surface area contributed by atoms with Gasteiger partial charge in [0.2, 0.25) is 0 Å². The second-order valence-corrected chi connectivity index (χ2v) is 4.89. The first-order valence-electron chi connectivity index (χ1n) is 6.48. The molecule has 1 aromatic rings. The van der Waals surface area contributed by atoms with Gasteiger partial charge < -0.3 is 20.3 Å². The van der Waals surface area contributed by atoms with Gasteiger partial charge >= 0.3 is 5.97 Å². The minimum absolute atomic E-state index is 0.509. The Bertz CT molecular complexity index is 530. The van der Waals surface area contributed by atoms with Crippen LogP contribution in [0.2, 0.25) is 0 Å². The molecular formula is C14H20N2O4. The normalized spacial score (nSPS) is 16.4. The number of methoxy groups -OCH3 is 2. The minimum atomic E-state index is -0.826. The zero-order valence-corrected chi connectivity index (χ0v) is 12.0. The highest BCUT2D eigenvalue weighted by molar-refractivity contribution is 5.73. The van der Waals surface area contributed by atoms with E-state index in [0.29, 0.717) is 36.7 Å². The number of anilines is 1. The molecule has 0 aliphatic carbocycles. The number of aliphatic carboxylic acids is 1. The summed E-state index contributed by atoms with van der Waals surface area (Å²) in [5.74, 6) is 0.482. The molecule has 1 heterocycles. The third kappa shape index (κ3) is 2.38. The lowest BCUT2D eigenvalue weighted by molar-refractivity contribution is -0.143. The van der Waals surface area contributed by atoms with Crippen LogP contribution in [0.4, 0.5) is 5.69 Å². The lowest BCUT2D eigenvalue weighted by Gasteiger charge is -2.33. The molecule has 0 aromatic heterocycles. The number of carbonyl (C=O) groups is 1. The monoisotopic (exact) mass is 280 g/mol. The van der Waals surface area contributed by atoms with E-state index in [0.717, 1.165) is 11.1 Å². The van der Waals surface area contributed by atoms with Crippen LogP contribution in [0.25, 0.3) is 0 Å². The third-order valence-electron chi connectivity index (χ3n) is 3.84. The number of nitrogen functional groups attached to an aromatic ring is 1. The van der Waals surface area contributed by atoms with E-state index in [4.69, 9.17) is 20.3 Å². The molecule has 6 heteroatoms. The van der Waals surface area contributed by atoms with Crippen LogP contribution < -0.4 is 15.2 Å². The number of fused-ring (bicyclic) bond motifs is 1. The fourth-order valence-electron chi connectivity index (χ4n) is 2.60. The van der Waals surface area contributed by atoms with Gasteiger partial charge in [0, 0.05) is 30.4 Å². The van der Waals surface area contributed by atoms with Gasteiger partial charge in [-0.2, -0.15) is 0 Å². The number of rotatable bonds is 4. The molecule has 3 N–H and O–H groups in total. The van der Waals surface area contributed by atoms with Crippen molar-refractivity contribution in [2.75, 3.05) is 26.5 Å². The first-order chi connectivity index (χ1) is 9.49. The van der Waals surface area contributed by atoms with Crippen LogP contribution in [-0.2, 0) is 17.8 Å². The molecule has 1 aromatic carbocycles. The lowest BCUT2D eigenvalue weighted by Crippen LogP contribution is -2.42. The highest BCUT2D eigenvalue weighted by Crippen LogP contribution is 2.40. The second-order valence-electron chi connectivity index (χ2n) is 4.89. The van der Waals surface area contributed by atoms with Gasteiger partial charge in [-0.1, -0.05) is 0 Å². The van der Waals surface area contributed by atoms with E-state index in [2.05, 4.69) is 0 Å². The maximum Gasteiger partial charge on any atom is 0.320 e. The highest BCUT2D eigenvalue weighted by atomic mass is 16.5. The number of nitrogens with zero attached hydrogens (tertiary/aromatic N) is 1. The van der Waals surface area contributed by atoms with Crippen molar-refractivity contribution in [2.45, 2.75) is 25.9 Å². The first-order valence-corrected chi connectivity index (χ1v) is 6.48. The molecule has 2 rings (SSSR count). The van der Waals surface area contributed by atoms with Gasteiger partial charge in [-0.3, -0.25) is 9.69 Å². The molecule has 1 unspecified atom stereocenters. The van der Waals surface area contributed by atoms with E-state index in [1.165, 1.54) is 0 Å². The average molecular weight is 280 g/mol. The van der Waals surface area contributed by atoms with Crippen LogP contribution in [0, 0.1) is 0 Å². The van der Waals surface area contributed by atoms with Gasteiger partial charge in [-0.05, 0) is 18.9 Å². The smallest absolute Gasteiger partial charge is 0.320 e. The van der Waals surface area contributed by atoms with E-state index in [9.17, 15) is 4.79 Å². The van der Waals surface area contributed by atoms with Gasteiger partial charge in [0.25, 0.3) is 0 Å². The minimum Gasteiger partial charge on any atom is -0.493 e. The van der Waals surface area contributed by atoms with Gasteiger partial charge in [0.05, 0.1) is 14.2 Å². The fraction of sp³-hybridized carbons (Fsp3) is 0.500. The zero-order valence-electron chi connectivity index (χ0n) is 12.0. The Hall–Kier alpha value is -1.95. The number of carboxylic acid groups (broad SMARTS) is 1. The number of nitrogens with two attached hydrogens (primary N) is 1. The first kappa shape index (κ1) is 14.5. The Morgan fingerprint density at radius 3 is 2.65 bits per heavy atom. The molecule has 0 radical (unpaired) electrons. The average Bonchev–Trinajstić information content (AvgIpc) is 2.45. The van der Waals surface area contributed by atoms with Crippen LogP contribution in [0.1, 0.15) is 18.1 Å². The van der Waals surface area contributed by atoms with E-state index >= 15 is 0 Å². The van der Waals surface area contributed by atoms with Crippen molar-refractivity contribution in [3.05, 3.63) is 17.2 Å². The van der Waals surface area contributed by atoms with Crippen molar-refractivity contribution in [2.24, 2.45) is 0 Å². The quantitative estimate of drug-likeness (QED) is 0.804. The predicted molar refractivity (Wildman–Crippen MR) is 75.2 cm³/mol. The van der Waals surface area contributed by atoms with Crippen molar-refractivity contribution in [3.63, 3.8) is 0 Å². The molecule has 0 amide bonds. The van der Waals surface area contributed by atoms with Crippen LogP contribution in [0.3, 0.4) is 0 Å². The third-order valence-corrected chi connectivity index (χ3v) is 3.84. The van der Waals surface area contributed by atoms with Crippen LogP contribution in [0.5, 0.6) is 11.5 Å². The van der Waals surface area contributed by atoms with Gasteiger partial charge in [0.15, 0.2) is 11.5 Å². The molecule has 1 atom stereocenters. The summed E-state index contributed by atoms with van der Waals surface area (Å²) in [5.41, 5.74) is 8.63. The van der Waals surface area contributed by atoms with Gasteiger partial charge in [0.1, 0.15) is 6.04 Å².